The molecule has 4 heterocycles. The third kappa shape index (κ3) is 7.05. The molecule has 0 spiro atoms. The number of likely N-dealkylation sites (tertiary alicyclic amines) is 1. The number of ketones is 2. The van der Waals surface area contributed by atoms with E-state index in [1.165, 1.54) is 0 Å². The van der Waals surface area contributed by atoms with Crippen molar-refractivity contribution in [3.8, 4) is 11.5 Å². The molecule has 0 atom stereocenters. The molecule has 2 bridgehead atoms. The molecule has 3 N–H and O–H groups in total. The van der Waals surface area contributed by atoms with E-state index in [1.54, 1.807) is 38.6 Å². The number of fused-ring (bicyclic) bond motifs is 4. The number of benzene rings is 2. The molecular weight excluding hydrogens is 755 g/mol. The van der Waals surface area contributed by atoms with Gasteiger partial charge in [-0.1, -0.05) is 12.6 Å². The lowest BCUT2D eigenvalue weighted by Gasteiger charge is -2.53. The van der Waals surface area contributed by atoms with Crippen LogP contribution in [0.4, 0.5) is 5.69 Å². The van der Waals surface area contributed by atoms with Crippen LogP contribution >= 0.6 is 0 Å². The van der Waals surface area contributed by atoms with E-state index >= 15 is 0 Å². The van der Waals surface area contributed by atoms with Gasteiger partial charge in [0.15, 0.2) is 5.78 Å². The van der Waals surface area contributed by atoms with Gasteiger partial charge in [-0.05, 0) is 74.8 Å². The zero-order valence-corrected chi connectivity index (χ0v) is 33.7. The van der Waals surface area contributed by atoms with Crippen molar-refractivity contribution < 1.29 is 38.2 Å². The molecule has 3 aliphatic heterocycles. The minimum absolute atomic E-state index is 0.0237. The van der Waals surface area contributed by atoms with Crippen LogP contribution < -0.4 is 20.1 Å². The van der Waals surface area contributed by atoms with Crippen molar-refractivity contribution in [2.75, 3.05) is 46.2 Å². The molecule has 3 aliphatic carbocycles. The first kappa shape index (κ1) is 39.6. The van der Waals surface area contributed by atoms with Gasteiger partial charge in [0.2, 0.25) is 11.8 Å². The molecule has 4 amide bonds. The predicted octanol–water partition coefficient (Wildman–Crippen LogP) is 4.34. The molecule has 2 aromatic carbocycles. The van der Waals surface area contributed by atoms with Gasteiger partial charge in [-0.3, -0.25) is 38.8 Å². The Hall–Kier alpha value is -6.25. The van der Waals surface area contributed by atoms with Crippen LogP contribution in [0.5, 0.6) is 11.5 Å². The van der Waals surface area contributed by atoms with Crippen LogP contribution in [0, 0.1) is 5.92 Å². The van der Waals surface area contributed by atoms with E-state index in [2.05, 4.69) is 27.4 Å². The summed E-state index contributed by atoms with van der Waals surface area (Å²) < 4.78 is 11.6. The van der Waals surface area contributed by atoms with Gasteiger partial charge in [-0.15, -0.1) is 0 Å². The molecule has 3 saturated carbocycles. The van der Waals surface area contributed by atoms with E-state index < -0.39 is 17.4 Å². The number of amides is 4. The molecule has 1 aromatic heterocycles. The van der Waals surface area contributed by atoms with Crippen molar-refractivity contribution in [2.45, 2.75) is 75.8 Å². The number of carbonyl (C=O) groups excluding carboxylic acids is 6. The zero-order chi connectivity index (χ0) is 41.6. The molecule has 9 rings (SSSR count). The summed E-state index contributed by atoms with van der Waals surface area (Å²) >= 11 is 0. The normalized spacial score (nSPS) is 21.2. The van der Waals surface area contributed by atoms with Crippen LogP contribution in [0.25, 0.3) is 11.3 Å². The second-order valence-electron chi connectivity index (χ2n) is 16.1. The molecule has 3 aromatic rings. The summed E-state index contributed by atoms with van der Waals surface area (Å²) in [6.45, 7) is 5.60. The second kappa shape index (κ2) is 15.8. The van der Waals surface area contributed by atoms with Crippen LogP contribution in [0.3, 0.4) is 0 Å². The van der Waals surface area contributed by atoms with Gasteiger partial charge in [-0.25, -0.2) is 0 Å². The summed E-state index contributed by atoms with van der Waals surface area (Å²) in [7, 11) is 5.17. The van der Waals surface area contributed by atoms with Gasteiger partial charge in [0, 0.05) is 80.1 Å². The first-order chi connectivity index (χ1) is 28.4. The number of H-pyrrole nitrogens is 1. The zero-order valence-electron chi connectivity index (χ0n) is 33.7. The summed E-state index contributed by atoms with van der Waals surface area (Å²) in [6.07, 6.45) is 7.57. The number of methoxy groups -OCH3 is 2. The quantitative estimate of drug-likeness (QED) is 0.120. The van der Waals surface area contributed by atoms with E-state index in [0.29, 0.717) is 81.8 Å². The van der Waals surface area contributed by atoms with Gasteiger partial charge >= 0.3 is 0 Å². The topological polar surface area (TPSA) is 183 Å². The minimum Gasteiger partial charge on any atom is -0.496 e. The Labute approximate surface area is 342 Å². The number of Topliss-reactive ketones (excluding diaryl/α,β-unsaturated/α-hetero) is 2. The van der Waals surface area contributed by atoms with Crippen LogP contribution in [0.15, 0.2) is 49.3 Å². The second-order valence-corrected chi connectivity index (χ2v) is 16.1. The Morgan fingerprint density at radius 2 is 1.71 bits per heavy atom. The molecule has 1 saturated heterocycles. The molecule has 59 heavy (non-hydrogen) atoms. The SMILES string of the molecule is C=C1c2[nH]ncc2C(c2cc(OC)c(CCCC(=O)NCCCC(=O)N3CCC(Nc4cccc5c4C(=O)N(C46CC(C4)C(=O)CC6=O)C5=O)CC3)c(OC)c2)=CN1C. The fourth-order valence-corrected chi connectivity index (χ4v) is 9.26. The maximum Gasteiger partial charge on any atom is 0.264 e. The highest BCUT2D eigenvalue weighted by molar-refractivity contribution is 6.27. The van der Waals surface area contributed by atoms with Gasteiger partial charge < -0.3 is 29.9 Å². The van der Waals surface area contributed by atoms with Gasteiger partial charge in [0.25, 0.3) is 11.8 Å². The number of hydrogen-bond donors (Lipinski definition) is 3. The number of carbonyl (C=O) groups is 6. The summed E-state index contributed by atoms with van der Waals surface area (Å²) in [5, 5.41) is 13.6. The van der Waals surface area contributed by atoms with E-state index in [9.17, 15) is 28.8 Å². The van der Waals surface area contributed by atoms with Crippen LogP contribution in [0.1, 0.15) is 101 Å². The van der Waals surface area contributed by atoms with Crippen LogP contribution in [0.2, 0.25) is 0 Å². The molecule has 15 heteroatoms. The van der Waals surface area contributed by atoms with E-state index in [-0.39, 0.29) is 65.7 Å². The Kier molecular flexibility index (Phi) is 10.6. The highest BCUT2D eigenvalue weighted by Crippen LogP contribution is 2.52. The Balaban J connectivity index is 0.772. The number of hydrogen-bond acceptors (Lipinski definition) is 11. The average Bonchev–Trinajstić information content (AvgIpc) is 3.81. The molecule has 4 fully saturated rings. The van der Waals surface area contributed by atoms with Crippen molar-refractivity contribution in [2.24, 2.45) is 5.92 Å². The average molecular weight is 804 g/mol. The molecule has 0 radical (unpaired) electrons. The molecule has 6 aliphatic rings. The number of piperidine rings is 1. The van der Waals surface area contributed by atoms with Gasteiger partial charge in [0.05, 0.1) is 49.4 Å². The lowest BCUT2D eigenvalue weighted by molar-refractivity contribution is -0.153. The maximum atomic E-state index is 13.7. The highest BCUT2D eigenvalue weighted by atomic mass is 16.5. The first-order valence-corrected chi connectivity index (χ1v) is 20.3. The number of rotatable bonds is 14. The van der Waals surface area contributed by atoms with E-state index in [1.807, 2.05) is 35.2 Å². The summed E-state index contributed by atoms with van der Waals surface area (Å²) in [6, 6.07) is 9.01. The van der Waals surface area contributed by atoms with E-state index in [4.69, 9.17) is 9.47 Å². The first-order valence-electron chi connectivity index (χ1n) is 20.3. The third-order valence-corrected chi connectivity index (χ3v) is 12.6. The van der Waals surface area contributed by atoms with Crippen molar-refractivity contribution in [3.05, 3.63) is 82.8 Å². The van der Waals surface area contributed by atoms with Crippen LogP contribution in [-0.2, 0) is 25.6 Å². The fraction of sp³-hybridized carbons (Fsp3) is 0.432. The van der Waals surface area contributed by atoms with Crippen molar-refractivity contribution in [1.29, 1.82) is 0 Å². The number of aromatic nitrogens is 2. The number of nitrogens with zero attached hydrogens (tertiary/aromatic N) is 4. The lowest BCUT2D eigenvalue weighted by atomic mass is 9.57. The molecule has 15 nitrogen and oxygen atoms in total. The Bertz CT molecular complexity index is 2270. The number of nitrogens with one attached hydrogen (secondary N) is 3. The van der Waals surface area contributed by atoms with Crippen molar-refractivity contribution in [3.63, 3.8) is 0 Å². The number of aromatic amines is 1. The summed E-state index contributed by atoms with van der Waals surface area (Å²) in [5.41, 5.74) is 5.19. The summed E-state index contributed by atoms with van der Waals surface area (Å²) in [5.74, 6) is -0.446. The molecule has 308 valence electrons. The number of anilines is 1. The summed E-state index contributed by atoms with van der Waals surface area (Å²) in [4.78, 5) is 82.9. The third-order valence-electron chi connectivity index (χ3n) is 12.6. The number of ether oxygens (including phenoxy) is 2. The molecular formula is C44H49N7O8. The highest BCUT2D eigenvalue weighted by Gasteiger charge is 2.64. The Morgan fingerprint density at radius 1 is 0.983 bits per heavy atom. The predicted molar refractivity (Wildman–Crippen MR) is 217 cm³/mol. The van der Waals surface area contributed by atoms with Gasteiger partial charge in [-0.2, -0.15) is 5.10 Å². The number of imide groups is 1. The van der Waals surface area contributed by atoms with E-state index in [0.717, 1.165) is 38.6 Å². The standard InChI is InChI=1S/C44H49N7O8/c1-25-41-31(23-46-48-41)32(24-49(25)2)26-18-35(58-3)29(36(19-26)59-4)8-6-11-38(54)45-15-7-12-39(55)50-16-13-28(14-17-50)47-33-10-5-9-30-40(33)43(57)51(42(30)56)44-21-27(22-44)34(52)20-37(44)53/h5,9-10,18-19,23-24,27-28,47H,1,6-8,11-17,20-22H2,2-4H3,(H,45,54)(H,46,48). The minimum atomic E-state index is -1.22. The Morgan fingerprint density at radius 3 is 2.41 bits per heavy atom. The largest absolute Gasteiger partial charge is 0.496 e. The monoisotopic (exact) mass is 803 g/mol. The van der Waals surface area contributed by atoms with Crippen molar-refractivity contribution in [1.82, 2.24) is 30.2 Å². The maximum absolute atomic E-state index is 13.7. The smallest absolute Gasteiger partial charge is 0.264 e. The van der Waals surface area contributed by atoms with Crippen LogP contribution in [-0.4, -0.2) is 113 Å². The van der Waals surface area contributed by atoms with Gasteiger partial charge in [0.1, 0.15) is 22.8 Å². The molecule has 0 unspecified atom stereocenters. The van der Waals surface area contributed by atoms with Crippen molar-refractivity contribution >= 4 is 52.2 Å². The fourth-order valence-electron chi connectivity index (χ4n) is 9.26. The lowest BCUT2D eigenvalue weighted by Crippen LogP contribution is -2.68.